The highest BCUT2D eigenvalue weighted by Gasteiger charge is 2.46. The molecule has 0 aliphatic heterocycles. The van der Waals surface area contributed by atoms with E-state index in [-0.39, 0.29) is 24.4 Å². The summed E-state index contributed by atoms with van der Waals surface area (Å²) in [6.45, 7) is 0.282. The summed E-state index contributed by atoms with van der Waals surface area (Å²) in [6, 6.07) is 17.4. The largest absolute Gasteiger partial charge is 0.461 e. The normalized spacial score (nSPS) is 18.8. The molecule has 2 unspecified atom stereocenters. The van der Waals surface area contributed by atoms with Crippen molar-refractivity contribution in [2.24, 2.45) is 5.92 Å². The number of carbonyl (C=O) groups excluding carboxylic acids is 1. The molecule has 0 radical (unpaired) electrons. The van der Waals surface area contributed by atoms with Gasteiger partial charge in [0, 0.05) is 17.4 Å². The van der Waals surface area contributed by atoms with Gasteiger partial charge in [-0.05, 0) is 47.7 Å². The maximum atomic E-state index is 12.2. The number of hydrogen-bond donors (Lipinski definition) is 0. The van der Waals surface area contributed by atoms with Crippen LogP contribution in [-0.4, -0.2) is 15.7 Å². The predicted octanol–water partition coefficient (Wildman–Crippen LogP) is 4.37. The minimum atomic E-state index is -0.152. The van der Waals surface area contributed by atoms with Crippen LogP contribution in [0.1, 0.15) is 23.5 Å². The predicted molar refractivity (Wildman–Crippen MR) is 95.7 cm³/mol. The number of carbonyl (C=O) groups is 1. The van der Waals surface area contributed by atoms with Gasteiger partial charge in [0.25, 0.3) is 0 Å². The Kier molecular flexibility index (Phi) is 4.28. The molecule has 0 saturated heterocycles. The van der Waals surface area contributed by atoms with Crippen LogP contribution in [0.25, 0.3) is 5.69 Å². The Morgan fingerprint density at radius 1 is 1.16 bits per heavy atom. The third kappa shape index (κ3) is 3.44. The van der Waals surface area contributed by atoms with Gasteiger partial charge in [-0.3, -0.25) is 4.79 Å². The lowest BCUT2D eigenvalue weighted by molar-refractivity contribution is -0.146. The van der Waals surface area contributed by atoms with E-state index in [1.807, 2.05) is 60.8 Å². The lowest BCUT2D eigenvalue weighted by Gasteiger charge is -2.07. The molecule has 1 aliphatic rings. The molecule has 25 heavy (non-hydrogen) atoms. The summed E-state index contributed by atoms with van der Waals surface area (Å²) in [4.78, 5) is 12.2. The monoisotopic (exact) mass is 352 g/mol. The summed E-state index contributed by atoms with van der Waals surface area (Å²) in [7, 11) is 0. The van der Waals surface area contributed by atoms with Crippen molar-refractivity contribution in [2.45, 2.75) is 18.9 Å². The number of nitrogens with zero attached hydrogens (tertiary/aromatic N) is 2. The molecule has 1 aliphatic carbocycles. The Labute approximate surface area is 151 Å². The van der Waals surface area contributed by atoms with Crippen LogP contribution in [0.3, 0.4) is 0 Å². The zero-order valence-electron chi connectivity index (χ0n) is 13.5. The van der Waals surface area contributed by atoms with Crippen LogP contribution in [0.15, 0.2) is 67.0 Å². The molecular weight excluding hydrogens is 336 g/mol. The molecule has 0 bridgehead atoms. The molecule has 0 N–H and O–H groups in total. The minimum absolute atomic E-state index is 0.0803. The van der Waals surface area contributed by atoms with Crippen molar-refractivity contribution in [1.82, 2.24) is 9.78 Å². The molecule has 4 rings (SSSR count). The quantitative estimate of drug-likeness (QED) is 0.640. The average molecular weight is 353 g/mol. The van der Waals surface area contributed by atoms with Gasteiger partial charge in [-0.25, -0.2) is 4.68 Å². The highest BCUT2D eigenvalue weighted by Crippen LogP contribution is 2.50. The smallest absolute Gasteiger partial charge is 0.309 e. The van der Waals surface area contributed by atoms with E-state index in [9.17, 15) is 4.79 Å². The highest BCUT2D eigenvalue weighted by molar-refractivity contribution is 6.31. The van der Waals surface area contributed by atoms with Gasteiger partial charge in [-0.1, -0.05) is 41.9 Å². The van der Waals surface area contributed by atoms with Gasteiger partial charge in [0.05, 0.1) is 11.6 Å². The third-order valence-electron chi connectivity index (χ3n) is 4.48. The fraction of sp³-hybridized carbons (Fsp3) is 0.200. The molecule has 126 valence electrons. The van der Waals surface area contributed by atoms with Crippen LogP contribution in [0, 0.1) is 5.92 Å². The van der Waals surface area contributed by atoms with Gasteiger partial charge in [0.1, 0.15) is 6.61 Å². The first-order valence-electron chi connectivity index (χ1n) is 8.22. The maximum Gasteiger partial charge on any atom is 0.309 e. The molecule has 1 heterocycles. The van der Waals surface area contributed by atoms with Crippen LogP contribution in [0.4, 0.5) is 0 Å². The van der Waals surface area contributed by atoms with E-state index in [1.165, 1.54) is 0 Å². The first-order chi connectivity index (χ1) is 12.2. The Morgan fingerprint density at radius 3 is 2.68 bits per heavy atom. The Balaban J connectivity index is 1.33. The second kappa shape index (κ2) is 6.73. The van der Waals surface area contributed by atoms with Crippen LogP contribution in [0.5, 0.6) is 0 Å². The molecule has 0 amide bonds. The fourth-order valence-electron chi connectivity index (χ4n) is 3.00. The van der Waals surface area contributed by atoms with Crippen molar-refractivity contribution < 1.29 is 9.53 Å². The fourth-order valence-corrected chi connectivity index (χ4v) is 3.28. The van der Waals surface area contributed by atoms with Crippen molar-refractivity contribution >= 4 is 17.6 Å². The van der Waals surface area contributed by atoms with Crippen LogP contribution < -0.4 is 0 Å². The molecule has 2 aromatic carbocycles. The van der Waals surface area contributed by atoms with Crippen molar-refractivity contribution in [3.8, 4) is 5.69 Å². The summed E-state index contributed by atoms with van der Waals surface area (Å²) in [5, 5.41) is 4.91. The topological polar surface area (TPSA) is 44.1 Å². The maximum absolute atomic E-state index is 12.2. The van der Waals surface area contributed by atoms with E-state index >= 15 is 0 Å². The van der Waals surface area contributed by atoms with Crippen molar-refractivity contribution in [3.63, 3.8) is 0 Å². The Morgan fingerprint density at radius 2 is 1.96 bits per heavy atom. The molecule has 5 heteroatoms. The number of hydrogen-bond acceptors (Lipinski definition) is 3. The number of halogens is 1. The van der Waals surface area contributed by atoms with Gasteiger partial charge in [0.2, 0.25) is 0 Å². The first-order valence-corrected chi connectivity index (χ1v) is 8.60. The van der Waals surface area contributed by atoms with Gasteiger partial charge in [0.15, 0.2) is 0 Å². The zero-order chi connectivity index (χ0) is 17.2. The second-order valence-electron chi connectivity index (χ2n) is 6.19. The molecule has 1 fully saturated rings. The summed E-state index contributed by atoms with van der Waals surface area (Å²) in [6.07, 6.45) is 4.43. The van der Waals surface area contributed by atoms with E-state index in [0.29, 0.717) is 0 Å². The van der Waals surface area contributed by atoms with Crippen molar-refractivity contribution in [1.29, 1.82) is 0 Å². The SMILES string of the molecule is O=C(OCc1ccc(-n2cccn2)cc1)C1CC1c1ccccc1Cl. The number of ether oxygens (including phenoxy) is 1. The van der Waals surface area contributed by atoms with E-state index < -0.39 is 0 Å². The molecule has 0 spiro atoms. The number of benzene rings is 2. The second-order valence-corrected chi connectivity index (χ2v) is 6.60. The molecule has 1 saturated carbocycles. The number of aromatic nitrogens is 2. The number of rotatable bonds is 5. The summed E-state index contributed by atoms with van der Waals surface area (Å²) >= 11 is 6.20. The lowest BCUT2D eigenvalue weighted by atomic mass is 10.1. The van der Waals surface area contributed by atoms with E-state index in [2.05, 4.69) is 5.10 Å². The Hall–Kier alpha value is -2.59. The standard InChI is InChI=1S/C20H17ClN2O2/c21-19-5-2-1-4-16(19)17-12-18(17)20(24)25-13-14-6-8-15(9-7-14)23-11-3-10-22-23/h1-11,17-18H,12-13H2. The minimum Gasteiger partial charge on any atom is -0.461 e. The molecule has 2 atom stereocenters. The number of esters is 1. The average Bonchev–Trinajstić information content (AvgIpc) is 3.24. The molecule has 1 aromatic heterocycles. The van der Waals surface area contributed by atoms with Crippen molar-refractivity contribution in [3.05, 3.63) is 83.1 Å². The van der Waals surface area contributed by atoms with E-state index in [4.69, 9.17) is 16.3 Å². The van der Waals surface area contributed by atoms with Crippen LogP contribution >= 0.6 is 11.6 Å². The zero-order valence-corrected chi connectivity index (χ0v) is 14.3. The van der Waals surface area contributed by atoms with Crippen LogP contribution in [0.2, 0.25) is 5.02 Å². The first kappa shape index (κ1) is 15.9. The summed E-state index contributed by atoms with van der Waals surface area (Å²) in [5.74, 6) is -0.0484. The van der Waals surface area contributed by atoms with Gasteiger partial charge in [-0.2, -0.15) is 5.10 Å². The van der Waals surface area contributed by atoms with Gasteiger partial charge < -0.3 is 4.74 Å². The molecular formula is C20H17ClN2O2. The van der Waals surface area contributed by atoms with E-state index in [1.54, 1.807) is 10.9 Å². The molecule has 3 aromatic rings. The lowest BCUT2D eigenvalue weighted by Crippen LogP contribution is -2.08. The van der Waals surface area contributed by atoms with Crippen LogP contribution in [-0.2, 0) is 16.1 Å². The van der Waals surface area contributed by atoms with Gasteiger partial charge in [-0.15, -0.1) is 0 Å². The molecule has 4 nitrogen and oxygen atoms in total. The summed E-state index contributed by atoms with van der Waals surface area (Å²) < 4.78 is 7.26. The van der Waals surface area contributed by atoms with Crippen molar-refractivity contribution in [2.75, 3.05) is 0 Å². The summed E-state index contributed by atoms with van der Waals surface area (Å²) in [5.41, 5.74) is 2.97. The highest BCUT2D eigenvalue weighted by atomic mass is 35.5. The third-order valence-corrected chi connectivity index (χ3v) is 4.83. The van der Waals surface area contributed by atoms with Gasteiger partial charge >= 0.3 is 5.97 Å². The van der Waals surface area contributed by atoms with E-state index in [0.717, 1.165) is 28.3 Å². The Bertz CT molecular complexity index is 875.